The quantitative estimate of drug-likeness (QED) is 0.598. The third kappa shape index (κ3) is 3.97. The van der Waals surface area contributed by atoms with Gasteiger partial charge in [0.25, 0.3) is 0 Å². The first-order valence-electron chi connectivity index (χ1n) is 8.83. The largest absolute Gasteiger partial charge is 0.294 e. The fourth-order valence-corrected chi connectivity index (χ4v) is 4.53. The number of fused-ring (bicyclic) bond motifs is 1. The highest BCUT2D eigenvalue weighted by Crippen LogP contribution is 2.38. The number of halogens is 1. The van der Waals surface area contributed by atoms with Crippen LogP contribution < -0.4 is 0 Å². The van der Waals surface area contributed by atoms with Crippen molar-refractivity contribution in [2.45, 2.75) is 19.5 Å². The minimum absolute atomic E-state index is 0.290. The van der Waals surface area contributed by atoms with Gasteiger partial charge >= 0.3 is 0 Å². The second-order valence-electron chi connectivity index (χ2n) is 6.56. The molecule has 0 saturated carbocycles. The van der Waals surface area contributed by atoms with Gasteiger partial charge in [-0.05, 0) is 35.2 Å². The fraction of sp³-hybridized carbons (Fsp3) is 0.182. The van der Waals surface area contributed by atoms with Crippen LogP contribution >= 0.6 is 11.3 Å². The number of hydrogen-bond acceptors (Lipinski definition) is 4. The van der Waals surface area contributed by atoms with E-state index < -0.39 is 0 Å². The van der Waals surface area contributed by atoms with Crippen molar-refractivity contribution >= 4 is 22.6 Å². The molecule has 0 aliphatic carbocycles. The molecule has 0 atom stereocenters. The zero-order chi connectivity index (χ0) is 18.6. The number of nitrogens with zero attached hydrogens (tertiary/aromatic N) is 3. The molecule has 5 heteroatoms. The van der Waals surface area contributed by atoms with Gasteiger partial charge in [0.1, 0.15) is 16.9 Å². The molecule has 134 valence electrons. The molecular weight excluding hydrogens is 357 g/mol. The van der Waals surface area contributed by atoms with Gasteiger partial charge in [-0.25, -0.2) is 9.38 Å². The highest BCUT2D eigenvalue weighted by atomic mass is 32.1. The summed E-state index contributed by atoms with van der Waals surface area (Å²) in [6.45, 7) is 2.67. The molecule has 0 unspecified atom stereocenters. The van der Waals surface area contributed by atoms with Gasteiger partial charge in [-0.3, -0.25) is 4.90 Å². The Labute approximate surface area is 162 Å². The molecule has 0 radical (unpaired) electrons. The molecule has 0 bridgehead atoms. The molecule has 3 nitrogen and oxygen atoms in total. The zero-order valence-corrected chi connectivity index (χ0v) is 15.5. The van der Waals surface area contributed by atoms with Crippen LogP contribution in [0.3, 0.4) is 0 Å². The maximum Gasteiger partial charge on any atom is 0.134 e. The minimum Gasteiger partial charge on any atom is -0.294 e. The molecule has 0 spiro atoms. The molecule has 1 aromatic heterocycles. The van der Waals surface area contributed by atoms with Crippen LogP contribution in [0, 0.1) is 17.1 Å². The number of thiophene rings is 1. The lowest BCUT2D eigenvalue weighted by Crippen LogP contribution is -2.29. The summed E-state index contributed by atoms with van der Waals surface area (Å²) in [5, 5.41) is 10.3. The van der Waals surface area contributed by atoms with Crippen molar-refractivity contribution in [2.24, 2.45) is 4.99 Å². The Morgan fingerprint density at radius 3 is 2.81 bits per heavy atom. The highest BCUT2D eigenvalue weighted by molar-refractivity contribution is 7.16. The van der Waals surface area contributed by atoms with Crippen molar-refractivity contribution in [3.63, 3.8) is 0 Å². The predicted octanol–water partition coefficient (Wildman–Crippen LogP) is 5.07. The van der Waals surface area contributed by atoms with Crippen molar-refractivity contribution in [3.05, 3.63) is 87.5 Å². The summed E-state index contributed by atoms with van der Waals surface area (Å²) in [4.78, 5) is 8.09. The van der Waals surface area contributed by atoms with E-state index in [-0.39, 0.29) is 5.82 Å². The summed E-state index contributed by atoms with van der Waals surface area (Å²) < 4.78 is 13.3. The summed E-state index contributed by atoms with van der Waals surface area (Å²) in [6, 6.07) is 19.0. The Morgan fingerprint density at radius 1 is 1.19 bits per heavy atom. The highest BCUT2D eigenvalue weighted by Gasteiger charge is 2.24. The molecule has 1 aliphatic rings. The van der Waals surface area contributed by atoms with Gasteiger partial charge in [0, 0.05) is 30.7 Å². The Bertz CT molecular complexity index is 1020. The van der Waals surface area contributed by atoms with E-state index in [1.807, 2.05) is 6.07 Å². The molecule has 0 amide bonds. The molecular formula is C22H18FN3S. The molecule has 27 heavy (non-hydrogen) atoms. The average Bonchev–Trinajstić information content (AvgIpc) is 3.04. The van der Waals surface area contributed by atoms with Gasteiger partial charge in [-0.15, -0.1) is 11.3 Å². The number of rotatable bonds is 4. The third-order valence-electron chi connectivity index (χ3n) is 4.66. The SMILES string of the molecule is N#Cc1c(/N=C/c2cccc(F)c2)sc2c1CCN(Cc1ccccc1)C2. The summed E-state index contributed by atoms with van der Waals surface area (Å²) >= 11 is 1.57. The number of aliphatic imine (C=N–C) groups is 1. The van der Waals surface area contributed by atoms with Gasteiger partial charge < -0.3 is 0 Å². The first-order chi connectivity index (χ1) is 13.2. The fourth-order valence-electron chi connectivity index (χ4n) is 3.34. The maximum atomic E-state index is 13.3. The van der Waals surface area contributed by atoms with Crippen LogP contribution in [0.5, 0.6) is 0 Å². The molecule has 3 aromatic rings. The van der Waals surface area contributed by atoms with Crippen LogP contribution in [0.15, 0.2) is 59.6 Å². The summed E-state index contributed by atoms with van der Waals surface area (Å²) in [5.41, 5.74) is 3.78. The van der Waals surface area contributed by atoms with Gasteiger partial charge in [0.05, 0.1) is 5.56 Å². The van der Waals surface area contributed by atoms with Gasteiger partial charge in [-0.2, -0.15) is 5.26 Å². The van der Waals surface area contributed by atoms with Crippen LogP contribution in [0.25, 0.3) is 0 Å². The second-order valence-corrected chi connectivity index (χ2v) is 7.64. The van der Waals surface area contributed by atoms with E-state index in [1.54, 1.807) is 29.7 Å². The van der Waals surface area contributed by atoms with Crippen molar-refractivity contribution < 1.29 is 4.39 Å². The molecule has 0 fully saturated rings. The smallest absolute Gasteiger partial charge is 0.134 e. The van der Waals surface area contributed by atoms with E-state index in [4.69, 9.17) is 0 Å². The average molecular weight is 375 g/mol. The maximum absolute atomic E-state index is 13.3. The lowest BCUT2D eigenvalue weighted by atomic mass is 10.0. The van der Waals surface area contributed by atoms with E-state index in [0.29, 0.717) is 16.1 Å². The van der Waals surface area contributed by atoms with E-state index in [0.717, 1.165) is 31.6 Å². The van der Waals surface area contributed by atoms with Crippen LogP contribution in [-0.2, 0) is 19.5 Å². The van der Waals surface area contributed by atoms with Gasteiger partial charge in [0.2, 0.25) is 0 Å². The van der Waals surface area contributed by atoms with E-state index >= 15 is 0 Å². The molecule has 0 saturated heterocycles. The van der Waals surface area contributed by atoms with E-state index in [2.05, 4.69) is 40.2 Å². The first-order valence-corrected chi connectivity index (χ1v) is 9.65. The predicted molar refractivity (Wildman–Crippen MR) is 107 cm³/mol. The van der Waals surface area contributed by atoms with Crippen molar-refractivity contribution in [1.82, 2.24) is 4.90 Å². The number of nitriles is 1. The number of hydrogen-bond donors (Lipinski definition) is 0. The van der Waals surface area contributed by atoms with E-state index in [1.165, 1.54) is 22.6 Å². The van der Waals surface area contributed by atoms with Gasteiger partial charge in [-0.1, -0.05) is 42.5 Å². The summed E-state index contributed by atoms with van der Waals surface area (Å²) in [5.74, 6) is -0.290. The Morgan fingerprint density at radius 2 is 2.04 bits per heavy atom. The molecule has 0 N–H and O–H groups in total. The third-order valence-corrected chi connectivity index (χ3v) is 5.78. The van der Waals surface area contributed by atoms with Crippen LogP contribution in [-0.4, -0.2) is 17.7 Å². The van der Waals surface area contributed by atoms with Crippen LogP contribution in [0.1, 0.15) is 27.1 Å². The Balaban J connectivity index is 1.55. The normalized spacial score (nSPS) is 14.2. The second kappa shape index (κ2) is 7.83. The zero-order valence-electron chi connectivity index (χ0n) is 14.7. The van der Waals surface area contributed by atoms with Gasteiger partial charge in [0.15, 0.2) is 0 Å². The molecule has 2 heterocycles. The van der Waals surface area contributed by atoms with E-state index in [9.17, 15) is 9.65 Å². The first kappa shape index (κ1) is 17.6. The lowest BCUT2D eigenvalue weighted by molar-refractivity contribution is 0.249. The van der Waals surface area contributed by atoms with Crippen molar-refractivity contribution in [3.8, 4) is 6.07 Å². The van der Waals surface area contributed by atoms with Crippen LogP contribution in [0.4, 0.5) is 9.39 Å². The number of benzene rings is 2. The lowest BCUT2D eigenvalue weighted by Gasteiger charge is -2.26. The molecule has 1 aliphatic heterocycles. The van der Waals surface area contributed by atoms with Crippen molar-refractivity contribution in [2.75, 3.05) is 6.54 Å². The topological polar surface area (TPSA) is 39.4 Å². The van der Waals surface area contributed by atoms with Crippen LogP contribution in [0.2, 0.25) is 0 Å². The standard InChI is InChI=1S/C22H18FN3S/c23-18-8-4-7-17(11-18)13-25-22-20(12-24)19-9-10-26(15-21(19)27-22)14-16-5-2-1-3-6-16/h1-8,11,13H,9-10,14-15H2/b25-13+. The summed E-state index contributed by atoms with van der Waals surface area (Å²) in [7, 11) is 0. The molecule has 2 aromatic carbocycles. The molecule has 4 rings (SSSR count). The Hall–Kier alpha value is -2.81. The minimum atomic E-state index is -0.290. The Kier molecular flexibility index (Phi) is 5.10. The summed E-state index contributed by atoms with van der Waals surface area (Å²) in [6.07, 6.45) is 2.49. The van der Waals surface area contributed by atoms with Crippen molar-refractivity contribution in [1.29, 1.82) is 5.26 Å². The monoisotopic (exact) mass is 375 g/mol.